The van der Waals surface area contributed by atoms with E-state index in [2.05, 4.69) is 5.32 Å². The molecular weight excluding hydrogens is 384 g/mol. The summed E-state index contributed by atoms with van der Waals surface area (Å²) in [7, 11) is 0. The molecule has 0 bridgehead atoms. The van der Waals surface area contributed by atoms with Gasteiger partial charge in [-0.3, -0.25) is 19.7 Å². The van der Waals surface area contributed by atoms with Gasteiger partial charge in [0, 0.05) is 28.3 Å². The maximum Gasteiger partial charge on any atom is 0.269 e. The largest absolute Gasteiger partial charge is 0.322 e. The SMILES string of the molecule is O=C(Nc1cccc(SCC(=O)c2cccs2)c1)c1ccc([N+](=O)[O-])cc1. The monoisotopic (exact) mass is 398 g/mol. The Morgan fingerprint density at radius 1 is 1.07 bits per heavy atom. The lowest BCUT2D eigenvalue weighted by molar-refractivity contribution is -0.384. The van der Waals surface area contributed by atoms with Gasteiger partial charge in [0.1, 0.15) is 0 Å². The van der Waals surface area contributed by atoms with Crippen LogP contribution in [0.5, 0.6) is 0 Å². The number of benzene rings is 2. The number of carbonyl (C=O) groups is 2. The van der Waals surface area contributed by atoms with Crippen LogP contribution in [0, 0.1) is 10.1 Å². The number of amides is 1. The minimum absolute atomic E-state index is 0.0651. The predicted octanol–water partition coefficient (Wildman–Crippen LogP) is 4.88. The number of Topliss-reactive ketones (excluding diaryl/α,β-unsaturated/α-hetero) is 1. The van der Waals surface area contributed by atoms with E-state index in [1.807, 2.05) is 17.5 Å². The van der Waals surface area contributed by atoms with E-state index in [1.54, 1.807) is 24.3 Å². The van der Waals surface area contributed by atoms with Gasteiger partial charge in [0.15, 0.2) is 5.78 Å². The number of nitro groups is 1. The van der Waals surface area contributed by atoms with Crippen LogP contribution >= 0.6 is 23.1 Å². The van der Waals surface area contributed by atoms with Crippen molar-refractivity contribution in [2.45, 2.75) is 4.90 Å². The molecule has 0 atom stereocenters. The molecule has 0 fully saturated rings. The number of ketones is 1. The molecule has 0 aliphatic carbocycles. The highest BCUT2D eigenvalue weighted by Crippen LogP contribution is 2.24. The molecule has 0 saturated carbocycles. The fourth-order valence-corrected chi connectivity index (χ4v) is 3.85. The molecule has 3 rings (SSSR count). The van der Waals surface area contributed by atoms with Gasteiger partial charge in [-0.05, 0) is 41.8 Å². The number of thioether (sulfide) groups is 1. The average Bonchev–Trinajstić information content (AvgIpc) is 3.21. The molecule has 1 N–H and O–H groups in total. The van der Waals surface area contributed by atoms with Crippen molar-refractivity contribution >= 4 is 46.2 Å². The van der Waals surface area contributed by atoms with Crippen molar-refractivity contribution in [3.05, 3.63) is 86.6 Å². The van der Waals surface area contributed by atoms with E-state index in [0.717, 1.165) is 9.77 Å². The minimum Gasteiger partial charge on any atom is -0.322 e. The van der Waals surface area contributed by atoms with Crippen LogP contribution in [-0.4, -0.2) is 22.4 Å². The molecule has 2 aromatic carbocycles. The molecule has 1 heterocycles. The van der Waals surface area contributed by atoms with Crippen LogP contribution in [0.1, 0.15) is 20.0 Å². The third-order valence-corrected chi connectivity index (χ3v) is 5.50. The topological polar surface area (TPSA) is 89.3 Å². The van der Waals surface area contributed by atoms with E-state index in [9.17, 15) is 19.7 Å². The van der Waals surface area contributed by atoms with E-state index in [0.29, 0.717) is 17.0 Å². The van der Waals surface area contributed by atoms with Gasteiger partial charge in [0.05, 0.1) is 15.6 Å². The summed E-state index contributed by atoms with van der Waals surface area (Å²) in [6.07, 6.45) is 0. The third kappa shape index (κ3) is 5.02. The third-order valence-electron chi connectivity index (χ3n) is 3.60. The summed E-state index contributed by atoms with van der Waals surface area (Å²) in [6.45, 7) is 0. The van der Waals surface area contributed by atoms with E-state index in [4.69, 9.17) is 0 Å². The fraction of sp³-hybridized carbons (Fsp3) is 0.0526. The highest BCUT2D eigenvalue weighted by Gasteiger charge is 2.11. The summed E-state index contributed by atoms with van der Waals surface area (Å²) in [4.78, 5) is 36.1. The van der Waals surface area contributed by atoms with Crippen LogP contribution in [0.3, 0.4) is 0 Å². The maximum atomic E-state index is 12.3. The minimum atomic E-state index is -0.514. The first kappa shape index (κ1) is 18.8. The second-order valence-electron chi connectivity index (χ2n) is 5.48. The molecule has 1 amide bonds. The van der Waals surface area contributed by atoms with Crippen LogP contribution < -0.4 is 5.32 Å². The van der Waals surface area contributed by atoms with Gasteiger partial charge in [-0.15, -0.1) is 23.1 Å². The normalized spacial score (nSPS) is 10.4. The Balaban J connectivity index is 1.62. The van der Waals surface area contributed by atoms with Gasteiger partial charge >= 0.3 is 0 Å². The number of nitro benzene ring substituents is 1. The molecule has 0 aliphatic heterocycles. The summed E-state index contributed by atoms with van der Waals surface area (Å²) >= 11 is 2.82. The fourth-order valence-electron chi connectivity index (χ4n) is 2.26. The van der Waals surface area contributed by atoms with Crippen LogP contribution in [0.15, 0.2) is 70.9 Å². The predicted molar refractivity (Wildman–Crippen MR) is 107 cm³/mol. The first-order valence-corrected chi connectivity index (χ1v) is 9.75. The maximum absolute atomic E-state index is 12.3. The Morgan fingerprint density at radius 2 is 1.85 bits per heavy atom. The number of hydrogen-bond acceptors (Lipinski definition) is 6. The van der Waals surface area contributed by atoms with E-state index in [-0.39, 0.29) is 17.4 Å². The number of anilines is 1. The highest BCUT2D eigenvalue weighted by atomic mass is 32.2. The zero-order chi connectivity index (χ0) is 19.2. The number of nitrogens with one attached hydrogen (secondary N) is 1. The molecule has 8 heteroatoms. The number of rotatable bonds is 7. The summed E-state index contributed by atoms with van der Waals surface area (Å²) in [5.41, 5.74) is 0.846. The Kier molecular flexibility index (Phi) is 6.00. The lowest BCUT2D eigenvalue weighted by atomic mass is 10.2. The van der Waals surface area contributed by atoms with Crippen molar-refractivity contribution in [2.75, 3.05) is 11.1 Å². The molecule has 6 nitrogen and oxygen atoms in total. The number of carbonyl (C=O) groups excluding carboxylic acids is 2. The molecule has 0 aliphatic rings. The number of nitrogens with zero attached hydrogens (tertiary/aromatic N) is 1. The molecule has 0 unspecified atom stereocenters. The average molecular weight is 398 g/mol. The van der Waals surface area contributed by atoms with E-state index in [1.165, 1.54) is 47.4 Å². The van der Waals surface area contributed by atoms with Crippen LogP contribution in [-0.2, 0) is 0 Å². The first-order chi connectivity index (χ1) is 13.0. The number of thiophene rings is 1. The molecule has 27 heavy (non-hydrogen) atoms. The van der Waals surface area contributed by atoms with Crippen LogP contribution in [0.4, 0.5) is 11.4 Å². The first-order valence-electron chi connectivity index (χ1n) is 7.88. The van der Waals surface area contributed by atoms with E-state index < -0.39 is 4.92 Å². The Morgan fingerprint density at radius 3 is 2.52 bits per heavy atom. The lowest BCUT2D eigenvalue weighted by Gasteiger charge is -2.07. The van der Waals surface area contributed by atoms with Crippen molar-refractivity contribution in [1.82, 2.24) is 0 Å². The standard InChI is InChI=1S/C19H14N2O4S2/c22-17(18-5-2-10-26-18)12-27-16-4-1-3-14(11-16)20-19(23)13-6-8-15(9-7-13)21(24)25/h1-11H,12H2,(H,20,23). The van der Waals surface area contributed by atoms with Crippen molar-refractivity contribution in [3.8, 4) is 0 Å². The lowest BCUT2D eigenvalue weighted by Crippen LogP contribution is -2.11. The van der Waals surface area contributed by atoms with Gasteiger partial charge in [-0.1, -0.05) is 12.1 Å². The van der Waals surface area contributed by atoms with Crippen LogP contribution in [0.25, 0.3) is 0 Å². The number of non-ortho nitro benzene ring substituents is 1. The molecule has 3 aromatic rings. The van der Waals surface area contributed by atoms with Gasteiger partial charge in [0.25, 0.3) is 11.6 Å². The second-order valence-corrected chi connectivity index (χ2v) is 7.47. The van der Waals surface area contributed by atoms with Crippen molar-refractivity contribution in [3.63, 3.8) is 0 Å². The quantitative estimate of drug-likeness (QED) is 0.265. The zero-order valence-corrected chi connectivity index (χ0v) is 15.6. The van der Waals surface area contributed by atoms with E-state index >= 15 is 0 Å². The molecule has 1 aromatic heterocycles. The molecule has 0 saturated heterocycles. The van der Waals surface area contributed by atoms with Gasteiger partial charge in [0.2, 0.25) is 0 Å². The summed E-state index contributed by atoms with van der Waals surface area (Å²) in [6, 6.07) is 16.2. The zero-order valence-electron chi connectivity index (χ0n) is 14.0. The van der Waals surface area contributed by atoms with Crippen molar-refractivity contribution in [2.24, 2.45) is 0 Å². The smallest absolute Gasteiger partial charge is 0.269 e. The van der Waals surface area contributed by atoms with Crippen LogP contribution in [0.2, 0.25) is 0 Å². The Bertz CT molecular complexity index is 970. The Hall–Kier alpha value is -2.97. The summed E-state index contributed by atoms with van der Waals surface area (Å²) in [5, 5.41) is 15.3. The van der Waals surface area contributed by atoms with Crippen molar-refractivity contribution < 1.29 is 14.5 Å². The summed E-state index contributed by atoms with van der Waals surface area (Å²) < 4.78 is 0. The van der Waals surface area contributed by atoms with Crippen molar-refractivity contribution in [1.29, 1.82) is 0 Å². The second kappa shape index (κ2) is 8.61. The van der Waals surface area contributed by atoms with Gasteiger partial charge in [-0.2, -0.15) is 0 Å². The highest BCUT2D eigenvalue weighted by molar-refractivity contribution is 8.00. The molecule has 0 spiro atoms. The summed E-state index contributed by atoms with van der Waals surface area (Å²) in [5.74, 6) is 0.0253. The van der Waals surface area contributed by atoms with Gasteiger partial charge < -0.3 is 5.32 Å². The van der Waals surface area contributed by atoms with Gasteiger partial charge in [-0.25, -0.2) is 0 Å². The molecule has 136 valence electrons. The molecule has 0 radical (unpaired) electrons. The Labute approximate surface area is 163 Å². The molecular formula is C19H14N2O4S2. The number of hydrogen-bond donors (Lipinski definition) is 1.